The first-order valence-electron chi connectivity index (χ1n) is 7.09. The van der Waals surface area contributed by atoms with E-state index in [0.29, 0.717) is 5.92 Å². The van der Waals surface area contributed by atoms with Crippen LogP contribution in [-0.4, -0.2) is 29.0 Å². The number of likely N-dealkylation sites (tertiary alicyclic amines) is 1. The molecule has 0 amide bonds. The molecule has 1 saturated heterocycles. The number of hydrogen-bond acceptors (Lipinski definition) is 3. The summed E-state index contributed by atoms with van der Waals surface area (Å²) in [6, 6.07) is 7.23. The molecule has 2 aliphatic rings. The molecule has 0 bridgehead atoms. The third-order valence-electron chi connectivity index (χ3n) is 4.49. The van der Waals surface area contributed by atoms with Gasteiger partial charge in [0.2, 0.25) is 0 Å². The number of benzene rings is 1. The molecule has 1 aliphatic heterocycles. The topological polar surface area (TPSA) is 16.1 Å². The molecule has 1 aromatic carbocycles. The van der Waals surface area contributed by atoms with Gasteiger partial charge in [-0.1, -0.05) is 15.9 Å². The van der Waals surface area contributed by atoms with Crippen molar-refractivity contribution in [1.82, 2.24) is 9.88 Å². The Labute approximate surface area is 126 Å². The quantitative estimate of drug-likeness (QED) is 0.807. The smallest absolute Gasteiger partial charge is 0.0970 e. The summed E-state index contributed by atoms with van der Waals surface area (Å²) >= 11 is 5.42. The summed E-state index contributed by atoms with van der Waals surface area (Å²) in [7, 11) is 0. The van der Waals surface area contributed by atoms with Gasteiger partial charge < -0.3 is 4.90 Å². The van der Waals surface area contributed by atoms with Crippen LogP contribution in [0.5, 0.6) is 0 Å². The monoisotopic (exact) mass is 336 g/mol. The molecular weight excluding hydrogens is 320 g/mol. The van der Waals surface area contributed by atoms with Crippen molar-refractivity contribution in [2.45, 2.75) is 37.6 Å². The van der Waals surface area contributed by atoms with Crippen LogP contribution >= 0.6 is 27.3 Å². The van der Waals surface area contributed by atoms with Gasteiger partial charge in [0.15, 0.2) is 0 Å². The highest BCUT2D eigenvalue weighted by molar-refractivity contribution is 9.10. The molecule has 0 spiro atoms. The van der Waals surface area contributed by atoms with Crippen molar-refractivity contribution in [3.8, 4) is 0 Å². The number of rotatable bonds is 2. The van der Waals surface area contributed by atoms with Gasteiger partial charge in [-0.05, 0) is 57.0 Å². The number of hydrogen-bond donors (Lipinski definition) is 0. The molecule has 0 unspecified atom stereocenters. The Morgan fingerprint density at radius 2 is 2.00 bits per heavy atom. The van der Waals surface area contributed by atoms with Crippen LogP contribution in [0.1, 0.15) is 36.6 Å². The number of halogens is 1. The second-order valence-electron chi connectivity index (χ2n) is 5.73. The maximum absolute atomic E-state index is 4.82. The SMILES string of the molecule is Brc1ccc2nc(C3CC(N4CCCC4)C3)sc2c1. The fourth-order valence-electron chi connectivity index (χ4n) is 3.29. The van der Waals surface area contributed by atoms with Crippen LogP contribution in [-0.2, 0) is 0 Å². The lowest BCUT2D eigenvalue weighted by Gasteiger charge is -2.40. The van der Waals surface area contributed by atoms with Crippen LogP contribution < -0.4 is 0 Å². The number of thiazole rings is 1. The van der Waals surface area contributed by atoms with E-state index in [-0.39, 0.29) is 0 Å². The van der Waals surface area contributed by atoms with Crippen LogP contribution in [0.3, 0.4) is 0 Å². The van der Waals surface area contributed by atoms with Crippen molar-refractivity contribution in [2.75, 3.05) is 13.1 Å². The van der Waals surface area contributed by atoms with Crippen LogP contribution in [0.2, 0.25) is 0 Å². The highest BCUT2D eigenvalue weighted by Gasteiger charge is 2.36. The molecule has 0 atom stereocenters. The van der Waals surface area contributed by atoms with Crippen molar-refractivity contribution < 1.29 is 0 Å². The molecule has 1 aliphatic carbocycles. The van der Waals surface area contributed by atoms with Gasteiger partial charge >= 0.3 is 0 Å². The van der Waals surface area contributed by atoms with E-state index in [1.807, 2.05) is 11.3 Å². The second-order valence-corrected chi connectivity index (χ2v) is 7.71. The first kappa shape index (κ1) is 12.3. The summed E-state index contributed by atoms with van der Waals surface area (Å²) in [6.07, 6.45) is 5.44. The highest BCUT2D eigenvalue weighted by atomic mass is 79.9. The fourth-order valence-corrected chi connectivity index (χ4v) is 4.93. The van der Waals surface area contributed by atoms with Crippen LogP contribution in [0.4, 0.5) is 0 Å². The first-order valence-corrected chi connectivity index (χ1v) is 8.70. The lowest BCUT2D eigenvalue weighted by Crippen LogP contribution is -2.42. The molecule has 0 radical (unpaired) electrons. The van der Waals surface area contributed by atoms with E-state index in [0.717, 1.165) is 16.0 Å². The Bertz CT molecular complexity index is 597. The highest BCUT2D eigenvalue weighted by Crippen LogP contribution is 2.43. The molecule has 4 heteroatoms. The summed E-state index contributed by atoms with van der Waals surface area (Å²) in [6.45, 7) is 2.65. The number of nitrogens with zero attached hydrogens (tertiary/aromatic N) is 2. The van der Waals surface area contributed by atoms with Gasteiger partial charge in [0.1, 0.15) is 0 Å². The maximum atomic E-state index is 4.82. The zero-order valence-corrected chi connectivity index (χ0v) is 13.2. The van der Waals surface area contributed by atoms with Gasteiger partial charge in [0.25, 0.3) is 0 Å². The molecule has 2 fully saturated rings. The Hall–Kier alpha value is -0.450. The van der Waals surface area contributed by atoms with Gasteiger partial charge in [0.05, 0.1) is 15.2 Å². The minimum Gasteiger partial charge on any atom is -0.300 e. The minimum atomic E-state index is 0.710. The number of fused-ring (bicyclic) bond motifs is 1. The van der Waals surface area contributed by atoms with E-state index < -0.39 is 0 Å². The zero-order chi connectivity index (χ0) is 12.8. The van der Waals surface area contributed by atoms with Crippen LogP contribution in [0, 0.1) is 0 Å². The summed E-state index contributed by atoms with van der Waals surface area (Å²) in [5.41, 5.74) is 1.16. The Kier molecular flexibility index (Phi) is 3.13. The van der Waals surface area contributed by atoms with Crippen molar-refractivity contribution in [2.24, 2.45) is 0 Å². The fraction of sp³-hybridized carbons (Fsp3) is 0.533. The average molecular weight is 337 g/mol. The molecule has 1 aromatic heterocycles. The third kappa shape index (κ3) is 2.24. The normalized spacial score (nSPS) is 27.8. The van der Waals surface area contributed by atoms with Crippen molar-refractivity contribution in [3.63, 3.8) is 0 Å². The molecule has 2 heterocycles. The lowest BCUT2D eigenvalue weighted by atomic mass is 9.80. The van der Waals surface area contributed by atoms with Crippen LogP contribution in [0.25, 0.3) is 10.2 Å². The van der Waals surface area contributed by atoms with Crippen molar-refractivity contribution >= 4 is 37.5 Å². The molecule has 19 heavy (non-hydrogen) atoms. The second kappa shape index (κ2) is 4.83. The maximum Gasteiger partial charge on any atom is 0.0970 e. The minimum absolute atomic E-state index is 0.710. The Morgan fingerprint density at radius 3 is 2.79 bits per heavy atom. The third-order valence-corrected chi connectivity index (χ3v) is 6.16. The summed E-state index contributed by atoms with van der Waals surface area (Å²) < 4.78 is 2.47. The largest absolute Gasteiger partial charge is 0.300 e. The molecule has 0 N–H and O–H groups in total. The van der Waals surface area contributed by atoms with Crippen molar-refractivity contribution in [3.05, 3.63) is 27.7 Å². The van der Waals surface area contributed by atoms with Gasteiger partial charge in [-0.15, -0.1) is 11.3 Å². The van der Waals surface area contributed by atoms with E-state index >= 15 is 0 Å². The van der Waals surface area contributed by atoms with Gasteiger partial charge in [-0.3, -0.25) is 0 Å². The molecule has 1 saturated carbocycles. The van der Waals surface area contributed by atoms with Gasteiger partial charge in [-0.2, -0.15) is 0 Å². The summed E-state index contributed by atoms with van der Waals surface area (Å²) in [4.78, 5) is 7.50. The average Bonchev–Trinajstić information content (AvgIpc) is 2.95. The Morgan fingerprint density at radius 1 is 1.21 bits per heavy atom. The van der Waals surface area contributed by atoms with Crippen LogP contribution in [0.15, 0.2) is 22.7 Å². The van der Waals surface area contributed by atoms with E-state index in [2.05, 4.69) is 39.0 Å². The van der Waals surface area contributed by atoms with Gasteiger partial charge in [-0.25, -0.2) is 4.98 Å². The predicted molar refractivity (Wildman–Crippen MR) is 83.9 cm³/mol. The van der Waals surface area contributed by atoms with E-state index in [9.17, 15) is 0 Å². The summed E-state index contributed by atoms with van der Waals surface area (Å²) in [5, 5.41) is 1.35. The van der Waals surface area contributed by atoms with Gasteiger partial charge in [0, 0.05) is 16.4 Å². The molecule has 4 rings (SSSR count). The molecule has 2 aromatic rings. The molecular formula is C15H17BrN2S. The molecule has 100 valence electrons. The summed E-state index contributed by atoms with van der Waals surface area (Å²) in [5.74, 6) is 0.710. The lowest BCUT2D eigenvalue weighted by molar-refractivity contribution is 0.136. The van der Waals surface area contributed by atoms with Crippen molar-refractivity contribution in [1.29, 1.82) is 0 Å². The van der Waals surface area contributed by atoms with E-state index in [1.54, 1.807) is 0 Å². The zero-order valence-electron chi connectivity index (χ0n) is 10.8. The first-order chi connectivity index (χ1) is 9.29. The van der Waals surface area contributed by atoms with E-state index in [4.69, 9.17) is 4.98 Å². The predicted octanol–water partition coefficient (Wildman–Crippen LogP) is 4.40. The standard InChI is InChI=1S/C15H17BrN2S/c16-11-3-4-13-14(9-11)19-15(17-13)10-7-12(8-10)18-5-1-2-6-18/h3-4,9-10,12H,1-2,5-8H2. The number of aromatic nitrogens is 1. The van der Waals surface area contributed by atoms with E-state index in [1.165, 1.54) is 48.5 Å². The Balaban J connectivity index is 1.50. The molecule has 2 nitrogen and oxygen atoms in total.